The van der Waals surface area contributed by atoms with Crippen LogP contribution in [0.15, 0.2) is 54.9 Å². The lowest BCUT2D eigenvalue weighted by Gasteiger charge is -2.10. The Labute approximate surface area is 155 Å². The molecule has 0 aliphatic heterocycles. The van der Waals surface area contributed by atoms with Crippen LogP contribution in [0.3, 0.4) is 0 Å². The van der Waals surface area contributed by atoms with Crippen LogP contribution in [-0.2, 0) is 6.18 Å². The zero-order valence-corrected chi connectivity index (χ0v) is 13.9. The van der Waals surface area contributed by atoms with Crippen molar-refractivity contribution in [3.8, 4) is 0 Å². The largest absolute Gasteiger partial charge is 0.416 e. The van der Waals surface area contributed by atoms with Crippen molar-refractivity contribution in [3.63, 3.8) is 0 Å². The molecule has 0 unspecified atom stereocenters. The van der Waals surface area contributed by atoms with Gasteiger partial charge in [-0.1, -0.05) is 6.07 Å². The molecule has 0 saturated carbocycles. The molecular weight excluding hydrogens is 383 g/mol. The molecule has 1 heterocycles. The minimum atomic E-state index is -4.54. The molecule has 1 amide bonds. The van der Waals surface area contributed by atoms with E-state index in [1.54, 1.807) is 0 Å². The number of nitrogens with one attached hydrogen (secondary N) is 2. The summed E-state index contributed by atoms with van der Waals surface area (Å²) >= 11 is 0. The highest BCUT2D eigenvalue weighted by Crippen LogP contribution is 2.30. The summed E-state index contributed by atoms with van der Waals surface area (Å²) < 4.78 is 64.6. The molecule has 0 saturated heterocycles. The number of nitrogens with zero attached hydrogens (tertiary/aromatic N) is 2. The number of amides is 1. The van der Waals surface area contributed by atoms with Gasteiger partial charge in [0.1, 0.15) is 23.1 Å². The molecule has 144 valence electrons. The SMILES string of the molecule is O=C(Nc1cccc(C(F)(F)F)c1)c1cnc(Nc2ccc(F)cc2F)cn1. The van der Waals surface area contributed by atoms with Gasteiger partial charge in [0.25, 0.3) is 5.91 Å². The Balaban J connectivity index is 1.70. The fourth-order valence-corrected chi connectivity index (χ4v) is 2.21. The average molecular weight is 394 g/mol. The molecule has 0 spiro atoms. The quantitative estimate of drug-likeness (QED) is 0.626. The summed E-state index contributed by atoms with van der Waals surface area (Å²) in [6, 6.07) is 7.04. The third-order valence-corrected chi connectivity index (χ3v) is 3.53. The minimum Gasteiger partial charge on any atom is -0.337 e. The van der Waals surface area contributed by atoms with E-state index < -0.39 is 29.3 Å². The Kier molecular flexibility index (Phi) is 5.21. The van der Waals surface area contributed by atoms with Gasteiger partial charge < -0.3 is 10.6 Å². The monoisotopic (exact) mass is 394 g/mol. The highest BCUT2D eigenvalue weighted by Gasteiger charge is 2.30. The summed E-state index contributed by atoms with van der Waals surface area (Å²) in [5, 5.41) is 4.86. The van der Waals surface area contributed by atoms with Crippen molar-refractivity contribution >= 4 is 23.1 Å². The van der Waals surface area contributed by atoms with Crippen LogP contribution in [0.1, 0.15) is 16.1 Å². The maximum Gasteiger partial charge on any atom is 0.416 e. The summed E-state index contributed by atoms with van der Waals surface area (Å²) in [7, 11) is 0. The van der Waals surface area contributed by atoms with E-state index in [1.807, 2.05) is 0 Å². The molecule has 0 aliphatic rings. The number of hydrogen-bond acceptors (Lipinski definition) is 4. The molecule has 0 bridgehead atoms. The number of carbonyl (C=O) groups excluding carboxylic acids is 1. The molecule has 1 aromatic heterocycles. The Morgan fingerprint density at radius 3 is 2.39 bits per heavy atom. The van der Waals surface area contributed by atoms with Gasteiger partial charge >= 0.3 is 6.18 Å². The number of benzene rings is 2. The molecule has 5 nitrogen and oxygen atoms in total. The average Bonchev–Trinajstić information content (AvgIpc) is 2.64. The molecule has 3 rings (SSSR count). The number of hydrogen-bond donors (Lipinski definition) is 2. The standard InChI is InChI=1S/C18H11F5N4O/c19-11-4-5-14(13(20)7-11)27-16-9-24-15(8-25-16)17(28)26-12-3-1-2-10(6-12)18(21,22)23/h1-9H,(H,25,27)(H,26,28). The van der Waals surface area contributed by atoms with Gasteiger partial charge in [-0.05, 0) is 30.3 Å². The van der Waals surface area contributed by atoms with Crippen molar-refractivity contribution in [2.24, 2.45) is 0 Å². The summed E-state index contributed by atoms with van der Waals surface area (Å²) in [4.78, 5) is 19.8. The van der Waals surface area contributed by atoms with Crippen LogP contribution in [0.4, 0.5) is 39.1 Å². The van der Waals surface area contributed by atoms with E-state index in [2.05, 4.69) is 20.6 Å². The van der Waals surface area contributed by atoms with Crippen LogP contribution in [0.5, 0.6) is 0 Å². The van der Waals surface area contributed by atoms with E-state index in [9.17, 15) is 26.7 Å². The van der Waals surface area contributed by atoms with Crippen LogP contribution in [0.2, 0.25) is 0 Å². The minimum absolute atomic E-state index is 0.0446. The van der Waals surface area contributed by atoms with Gasteiger partial charge in [-0.2, -0.15) is 13.2 Å². The Hall–Kier alpha value is -3.56. The third-order valence-electron chi connectivity index (χ3n) is 3.53. The van der Waals surface area contributed by atoms with Crippen LogP contribution < -0.4 is 10.6 Å². The second-order valence-corrected chi connectivity index (χ2v) is 5.57. The maximum absolute atomic E-state index is 13.6. The zero-order valence-electron chi connectivity index (χ0n) is 13.9. The Bertz CT molecular complexity index is 1010. The van der Waals surface area contributed by atoms with Crippen molar-refractivity contribution in [1.82, 2.24) is 9.97 Å². The van der Waals surface area contributed by atoms with Gasteiger partial charge in [0, 0.05) is 11.8 Å². The number of rotatable bonds is 4. The van der Waals surface area contributed by atoms with E-state index in [4.69, 9.17) is 0 Å². The fourth-order valence-electron chi connectivity index (χ4n) is 2.21. The van der Waals surface area contributed by atoms with E-state index in [0.717, 1.165) is 36.7 Å². The van der Waals surface area contributed by atoms with Crippen LogP contribution in [-0.4, -0.2) is 15.9 Å². The van der Waals surface area contributed by atoms with Crippen LogP contribution in [0, 0.1) is 11.6 Å². The molecule has 28 heavy (non-hydrogen) atoms. The van der Waals surface area contributed by atoms with E-state index in [1.165, 1.54) is 12.1 Å². The normalized spacial score (nSPS) is 11.2. The number of aromatic nitrogens is 2. The first-order chi connectivity index (χ1) is 13.2. The fraction of sp³-hybridized carbons (Fsp3) is 0.0556. The summed E-state index contributed by atoms with van der Waals surface area (Å²) in [5.41, 5.74) is -1.17. The van der Waals surface area contributed by atoms with Gasteiger partial charge in [-0.15, -0.1) is 0 Å². The highest BCUT2D eigenvalue weighted by molar-refractivity contribution is 6.02. The lowest BCUT2D eigenvalue weighted by atomic mass is 10.2. The smallest absolute Gasteiger partial charge is 0.337 e. The second kappa shape index (κ2) is 7.59. The molecule has 0 atom stereocenters. The summed E-state index contributed by atoms with van der Waals surface area (Å²) in [6.45, 7) is 0. The number of anilines is 3. The van der Waals surface area contributed by atoms with Crippen molar-refractivity contribution in [3.05, 3.63) is 77.8 Å². The molecule has 10 heteroatoms. The molecule has 3 aromatic rings. The number of halogens is 5. The van der Waals surface area contributed by atoms with E-state index >= 15 is 0 Å². The predicted octanol–water partition coefficient (Wildman–Crippen LogP) is 4.77. The van der Waals surface area contributed by atoms with E-state index in [-0.39, 0.29) is 22.9 Å². The predicted molar refractivity (Wildman–Crippen MR) is 91.1 cm³/mol. The van der Waals surface area contributed by atoms with Crippen molar-refractivity contribution in [1.29, 1.82) is 0 Å². The molecule has 0 aliphatic carbocycles. The van der Waals surface area contributed by atoms with Crippen molar-refractivity contribution < 1.29 is 26.7 Å². The zero-order chi connectivity index (χ0) is 20.3. The summed E-state index contributed by atoms with van der Waals surface area (Å²) in [6.07, 6.45) is -2.35. The van der Waals surface area contributed by atoms with E-state index in [0.29, 0.717) is 6.07 Å². The molecule has 2 N–H and O–H groups in total. The molecule has 0 fully saturated rings. The molecular formula is C18H11F5N4O. The van der Waals surface area contributed by atoms with Gasteiger partial charge in [0.2, 0.25) is 0 Å². The lowest BCUT2D eigenvalue weighted by Crippen LogP contribution is -2.15. The first-order valence-electron chi connectivity index (χ1n) is 7.75. The van der Waals surface area contributed by atoms with Crippen LogP contribution in [0.25, 0.3) is 0 Å². The summed E-state index contributed by atoms with van der Waals surface area (Å²) in [5.74, 6) is -2.27. The number of carbonyl (C=O) groups is 1. The van der Waals surface area contributed by atoms with Crippen molar-refractivity contribution in [2.75, 3.05) is 10.6 Å². The van der Waals surface area contributed by atoms with Crippen LogP contribution >= 0.6 is 0 Å². The lowest BCUT2D eigenvalue weighted by molar-refractivity contribution is -0.137. The van der Waals surface area contributed by atoms with Gasteiger partial charge in [0.05, 0.1) is 23.6 Å². The molecule has 0 radical (unpaired) electrons. The first-order valence-corrected chi connectivity index (χ1v) is 7.75. The maximum atomic E-state index is 13.6. The molecule has 2 aromatic carbocycles. The van der Waals surface area contributed by atoms with Gasteiger partial charge in [-0.25, -0.2) is 18.7 Å². The first kappa shape index (κ1) is 19.2. The Morgan fingerprint density at radius 2 is 1.75 bits per heavy atom. The second-order valence-electron chi connectivity index (χ2n) is 5.57. The third kappa shape index (κ3) is 4.58. The Morgan fingerprint density at radius 1 is 0.964 bits per heavy atom. The van der Waals surface area contributed by atoms with Gasteiger partial charge in [-0.3, -0.25) is 4.79 Å². The highest BCUT2D eigenvalue weighted by atomic mass is 19.4. The van der Waals surface area contributed by atoms with Crippen molar-refractivity contribution in [2.45, 2.75) is 6.18 Å². The van der Waals surface area contributed by atoms with Gasteiger partial charge in [0.15, 0.2) is 0 Å². The number of alkyl halides is 3. The topological polar surface area (TPSA) is 66.9 Å².